The fraction of sp³-hybridized carbons (Fsp3) is 0.750. The Balaban J connectivity index is 2.08. The summed E-state index contributed by atoms with van der Waals surface area (Å²) in [5.41, 5.74) is 6.33. The third-order valence-corrected chi connectivity index (χ3v) is 5.00. The zero-order chi connectivity index (χ0) is 14.4. The molecule has 0 atom stereocenters. The lowest BCUT2D eigenvalue weighted by molar-refractivity contribution is 0.0372. The largest absolute Gasteiger partial charge is 0.329 e. The number of hydrogen-bond acceptors (Lipinski definition) is 4. The molecule has 0 amide bonds. The van der Waals surface area contributed by atoms with Gasteiger partial charge in [0, 0.05) is 24.5 Å². The van der Waals surface area contributed by atoms with E-state index in [2.05, 4.69) is 28.7 Å². The topological polar surface area (TPSA) is 55.0 Å². The summed E-state index contributed by atoms with van der Waals surface area (Å²) in [4.78, 5) is 11.2. The Morgan fingerprint density at radius 3 is 2.40 bits per heavy atom. The van der Waals surface area contributed by atoms with Crippen molar-refractivity contribution in [2.24, 2.45) is 11.7 Å². The Hall–Kier alpha value is -1.00. The number of nitrogens with two attached hydrogens (primary N) is 1. The van der Waals surface area contributed by atoms with Crippen molar-refractivity contribution < 1.29 is 0 Å². The zero-order valence-corrected chi connectivity index (χ0v) is 12.9. The minimum atomic E-state index is 0.152. The van der Waals surface area contributed by atoms with Gasteiger partial charge in [-0.25, -0.2) is 9.97 Å². The lowest BCUT2D eigenvalue weighted by Crippen LogP contribution is -2.55. The molecule has 1 aromatic heterocycles. The van der Waals surface area contributed by atoms with Gasteiger partial charge in [0.15, 0.2) is 0 Å². The van der Waals surface area contributed by atoms with Gasteiger partial charge in [0.1, 0.15) is 5.82 Å². The molecule has 4 heteroatoms. The Morgan fingerprint density at radius 1 is 1.25 bits per heavy atom. The number of aromatic nitrogens is 2. The van der Waals surface area contributed by atoms with Crippen molar-refractivity contribution in [3.63, 3.8) is 0 Å². The molecule has 0 saturated heterocycles. The Morgan fingerprint density at radius 2 is 1.90 bits per heavy atom. The molecule has 1 aliphatic carbocycles. The summed E-state index contributed by atoms with van der Waals surface area (Å²) in [6.07, 6.45) is 9.97. The fourth-order valence-corrected chi connectivity index (χ4v) is 3.47. The average molecular weight is 276 g/mol. The molecule has 20 heavy (non-hydrogen) atoms. The van der Waals surface area contributed by atoms with Gasteiger partial charge in [-0.05, 0) is 44.2 Å². The molecule has 0 aliphatic heterocycles. The first-order valence-electron chi connectivity index (χ1n) is 7.95. The second-order valence-corrected chi connectivity index (χ2v) is 5.96. The van der Waals surface area contributed by atoms with Crippen LogP contribution in [0.3, 0.4) is 0 Å². The molecule has 112 valence electrons. The molecule has 1 fully saturated rings. The van der Waals surface area contributed by atoms with E-state index in [0.29, 0.717) is 0 Å². The van der Waals surface area contributed by atoms with Crippen LogP contribution in [0.5, 0.6) is 0 Å². The summed E-state index contributed by atoms with van der Waals surface area (Å²) in [5, 5.41) is 0. The molecule has 0 radical (unpaired) electrons. The van der Waals surface area contributed by atoms with Gasteiger partial charge in [0.25, 0.3) is 0 Å². The molecule has 1 heterocycles. The van der Waals surface area contributed by atoms with E-state index in [1.807, 2.05) is 18.5 Å². The van der Waals surface area contributed by atoms with Crippen LogP contribution in [-0.2, 0) is 6.54 Å². The Labute approximate surface area is 122 Å². The molecule has 2 rings (SSSR count). The second kappa shape index (κ2) is 7.14. The average Bonchev–Trinajstić information content (AvgIpc) is 2.53. The van der Waals surface area contributed by atoms with E-state index in [9.17, 15) is 0 Å². The van der Waals surface area contributed by atoms with Crippen LogP contribution in [0.25, 0.3) is 0 Å². The first-order chi connectivity index (χ1) is 9.74. The van der Waals surface area contributed by atoms with Crippen molar-refractivity contribution in [1.29, 1.82) is 0 Å². The van der Waals surface area contributed by atoms with E-state index < -0.39 is 0 Å². The first-order valence-corrected chi connectivity index (χ1v) is 7.95. The fourth-order valence-electron chi connectivity index (χ4n) is 3.47. The van der Waals surface area contributed by atoms with Gasteiger partial charge >= 0.3 is 0 Å². The third-order valence-electron chi connectivity index (χ3n) is 5.00. The highest BCUT2D eigenvalue weighted by Crippen LogP contribution is 2.37. The molecule has 1 aromatic rings. The van der Waals surface area contributed by atoms with Crippen molar-refractivity contribution in [2.75, 3.05) is 13.1 Å². The van der Waals surface area contributed by atoms with Crippen LogP contribution in [0.4, 0.5) is 0 Å². The molecular weight excluding hydrogens is 248 g/mol. The number of nitrogens with zero attached hydrogens (tertiary/aromatic N) is 3. The third kappa shape index (κ3) is 3.36. The molecule has 1 aliphatic rings. The van der Waals surface area contributed by atoms with Gasteiger partial charge < -0.3 is 5.73 Å². The van der Waals surface area contributed by atoms with Gasteiger partial charge in [-0.15, -0.1) is 0 Å². The van der Waals surface area contributed by atoms with Gasteiger partial charge in [0.05, 0.1) is 6.54 Å². The Bertz CT molecular complexity index is 385. The van der Waals surface area contributed by atoms with E-state index in [0.717, 1.165) is 31.4 Å². The predicted octanol–water partition coefficient (Wildman–Crippen LogP) is 2.60. The van der Waals surface area contributed by atoms with Gasteiger partial charge in [-0.3, -0.25) is 4.90 Å². The van der Waals surface area contributed by atoms with Gasteiger partial charge in [-0.1, -0.05) is 20.3 Å². The highest BCUT2D eigenvalue weighted by molar-refractivity contribution is 4.98. The molecule has 4 nitrogen and oxygen atoms in total. The molecule has 2 N–H and O–H groups in total. The van der Waals surface area contributed by atoms with E-state index in [4.69, 9.17) is 5.73 Å². The van der Waals surface area contributed by atoms with Crippen molar-refractivity contribution in [1.82, 2.24) is 14.9 Å². The minimum Gasteiger partial charge on any atom is -0.329 e. The smallest absolute Gasteiger partial charge is 0.142 e. The van der Waals surface area contributed by atoms with Crippen LogP contribution < -0.4 is 5.73 Å². The summed E-state index contributed by atoms with van der Waals surface area (Å²) < 4.78 is 0. The minimum absolute atomic E-state index is 0.152. The monoisotopic (exact) mass is 276 g/mol. The zero-order valence-electron chi connectivity index (χ0n) is 12.9. The highest BCUT2D eigenvalue weighted by atomic mass is 15.2. The Kier molecular flexibility index (Phi) is 5.49. The van der Waals surface area contributed by atoms with Crippen LogP contribution in [0.1, 0.15) is 51.8 Å². The van der Waals surface area contributed by atoms with Crippen molar-refractivity contribution in [3.05, 3.63) is 24.3 Å². The molecule has 1 saturated carbocycles. The normalized spacial score (nSPS) is 26.9. The maximum Gasteiger partial charge on any atom is 0.142 e. The number of hydrogen-bond donors (Lipinski definition) is 1. The van der Waals surface area contributed by atoms with Gasteiger partial charge in [0.2, 0.25) is 0 Å². The maximum absolute atomic E-state index is 6.17. The maximum atomic E-state index is 6.17. The first kappa shape index (κ1) is 15.4. The SMILES string of the molecule is CCC1CCC(CN)(N(CC)Cc2ncccn2)CC1. The van der Waals surface area contributed by atoms with Crippen LogP contribution in [-0.4, -0.2) is 33.5 Å². The quantitative estimate of drug-likeness (QED) is 0.867. The predicted molar refractivity (Wildman–Crippen MR) is 82.2 cm³/mol. The van der Waals surface area contributed by atoms with Gasteiger partial charge in [-0.2, -0.15) is 0 Å². The molecular formula is C16H28N4. The lowest BCUT2D eigenvalue weighted by atomic mass is 9.74. The highest BCUT2D eigenvalue weighted by Gasteiger charge is 2.38. The molecule has 0 bridgehead atoms. The number of rotatable bonds is 6. The van der Waals surface area contributed by atoms with Crippen molar-refractivity contribution in [2.45, 2.75) is 58.0 Å². The van der Waals surface area contributed by atoms with Crippen LogP contribution >= 0.6 is 0 Å². The molecule has 0 aromatic carbocycles. The lowest BCUT2D eigenvalue weighted by Gasteiger charge is -2.47. The summed E-state index contributed by atoms with van der Waals surface area (Å²) in [7, 11) is 0. The molecule has 0 spiro atoms. The summed E-state index contributed by atoms with van der Waals surface area (Å²) in [5.74, 6) is 1.79. The van der Waals surface area contributed by atoms with E-state index in [-0.39, 0.29) is 5.54 Å². The standard InChI is InChI=1S/C16H28N4/c1-3-14-6-8-16(13-17,9-7-14)20(4-2)12-15-18-10-5-11-19-15/h5,10-11,14H,3-4,6-9,12-13,17H2,1-2H3. The van der Waals surface area contributed by atoms with Crippen LogP contribution in [0.15, 0.2) is 18.5 Å². The van der Waals surface area contributed by atoms with Crippen LogP contribution in [0.2, 0.25) is 0 Å². The molecule has 0 unspecified atom stereocenters. The second-order valence-electron chi connectivity index (χ2n) is 5.96. The van der Waals surface area contributed by atoms with Crippen LogP contribution in [0, 0.1) is 5.92 Å². The summed E-state index contributed by atoms with van der Waals surface area (Å²) >= 11 is 0. The van der Waals surface area contributed by atoms with Crippen molar-refractivity contribution in [3.8, 4) is 0 Å². The van der Waals surface area contributed by atoms with E-state index in [1.165, 1.54) is 32.1 Å². The summed E-state index contributed by atoms with van der Waals surface area (Å²) in [6, 6.07) is 1.87. The van der Waals surface area contributed by atoms with E-state index >= 15 is 0 Å². The van der Waals surface area contributed by atoms with Crippen molar-refractivity contribution >= 4 is 0 Å². The summed E-state index contributed by atoms with van der Waals surface area (Å²) in [6.45, 7) is 7.07. The van der Waals surface area contributed by atoms with E-state index in [1.54, 1.807) is 0 Å². The number of likely N-dealkylation sites (N-methyl/N-ethyl adjacent to an activating group) is 1.